The number of piperidine rings is 1. The van der Waals surface area contributed by atoms with E-state index >= 15 is 0 Å². The molecule has 3 rings (SSSR count). The lowest BCUT2D eigenvalue weighted by atomic mass is 9.82. The van der Waals surface area contributed by atoms with E-state index in [2.05, 4.69) is 30.7 Å². The molecular formula is C19H28N2O3. The lowest BCUT2D eigenvalue weighted by Gasteiger charge is -2.35. The molecule has 0 spiro atoms. The third-order valence-electron chi connectivity index (χ3n) is 5.19. The summed E-state index contributed by atoms with van der Waals surface area (Å²) in [6, 6.07) is 1.85. The Morgan fingerprint density at radius 2 is 2.29 bits per heavy atom. The molecule has 0 aromatic carbocycles. The predicted octanol–water partition coefficient (Wildman–Crippen LogP) is 3.16. The quantitative estimate of drug-likeness (QED) is 0.796. The van der Waals surface area contributed by atoms with Gasteiger partial charge in [-0.05, 0) is 37.8 Å². The van der Waals surface area contributed by atoms with Crippen LogP contribution in [0, 0.1) is 5.92 Å². The van der Waals surface area contributed by atoms with Crippen LogP contribution in [0.5, 0.6) is 5.75 Å². The van der Waals surface area contributed by atoms with Crippen LogP contribution in [0.15, 0.2) is 6.07 Å². The van der Waals surface area contributed by atoms with E-state index in [1.54, 1.807) is 0 Å². The van der Waals surface area contributed by atoms with Crippen molar-refractivity contribution in [2.45, 2.75) is 52.0 Å². The maximum atomic E-state index is 12.1. The van der Waals surface area contributed by atoms with Gasteiger partial charge >= 0.3 is 5.97 Å². The topological polar surface area (TPSA) is 51.7 Å². The number of fused-ring (bicyclic) bond motifs is 1. The Morgan fingerprint density at radius 3 is 3.00 bits per heavy atom. The van der Waals surface area contributed by atoms with Gasteiger partial charge in [0.25, 0.3) is 0 Å². The molecular weight excluding hydrogens is 304 g/mol. The highest BCUT2D eigenvalue weighted by Gasteiger charge is 2.34. The molecule has 0 unspecified atom stereocenters. The molecule has 5 heteroatoms. The number of rotatable bonds is 3. The van der Waals surface area contributed by atoms with Gasteiger partial charge in [-0.15, -0.1) is 0 Å². The third-order valence-corrected chi connectivity index (χ3v) is 5.19. The van der Waals surface area contributed by atoms with Crippen molar-refractivity contribution in [3.8, 4) is 5.75 Å². The molecule has 0 N–H and O–H groups in total. The number of carbonyl (C=O) groups excluding carboxylic acids is 1. The SMILES string of the molecule is COC(=O)c1cc(CN2CCC[C@H](C)C2)c2c(n1)C(C)(C)CCO2. The molecule has 24 heavy (non-hydrogen) atoms. The number of hydrogen-bond donors (Lipinski definition) is 0. The number of pyridine rings is 1. The van der Waals surface area contributed by atoms with E-state index < -0.39 is 0 Å². The van der Waals surface area contributed by atoms with Gasteiger partial charge in [-0.2, -0.15) is 0 Å². The Balaban J connectivity index is 1.98. The standard InChI is InChI=1S/C19H28N2O3/c1-13-6-5-8-21(11-13)12-14-10-15(18(22)23-4)20-17-16(14)24-9-7-19(17,2)3/h10,13H,5-9,11-12H2,1-4H3/t13-/m0/s1. The first-order valence-electron chi connectivity index (χ1n) is 8.88. The second-order valence-corrected chi connectivity index (χ2v) is 7.80. The molecule has 1 saturated heterocycles. The summed E-state index contributed by atoms with van der Waals surface area (Å²) in [5.41, 5.74) is 2.23. The summed E-state index contributed by atoms with van der Waals surface area (Å²) in [7, 11) is 1.40. The van der Waals surface area contributed by atoms with Gasteiger partial charge in [0, 0.05) is 24.1 Å². The molecule has 3 heterocycles. The van der Waals surface area contributed by atoms with Gasteiger partial charge in [0.15, 0.2) is 0 Å². The smallest absolute Gasteiger partial charge is 0.356 e. The van der Waals surface area contributed by atoms with Crippen molar-refractivity contribution in [2.24, 2.45) is 5.92 Å². The van der Waals surface area contributed by atoms with Crippen LogP contribution in [-0.2, 0) is 16.7 Å². The van der Waals surface area contributed by atoms with Gasteiger partial charge in [-0.25, -0.2) is 9.78 Å². The lowest BCUT2D eigenvalue weighted by molar-refractivity contribution is 0.0592. The fourth-order valence-corrected chi connectivity index (χ4v) is 3.73. The first-order valence-corrected chi connectivity index (χ1v) is 8.88. The number of aromatic nitrogens is 1. The van der Waals surface area contributed by atoms with Gasteiger partial charge in [0.2, 0.25) is 0 Å². The minimum atomic E-state index is -0.382. The van der Waals surface area contributed by atoms with Crippen LogP contribution in [0.25, 0.3) is 0 Å². The predicted molar refractivity (Wildman–Crippen MR) is 92.4 cm³/mol. The van der Waals surface area contributed by atoms with Crippen LogP contribution >= 0.6 is 0 Å². The first-order chi connectivity index (χ1) is 11.4. The summed E-state index contributed by atoms with van der Waals surface area (Å²) in [4.78, 5) is 19.1. The number of methoxy groups -OCH3 is 1. The summed E-state index contributed by atoms with van der Waals surface area (Å²) in [5.74, 6) is 1.21. The molecule has 0 aliphatic carbocycles. The van der Waals surface area contributed by atoms with Gasteiger partial charge in [0.05, 0.1) is 19.4 Å². The van der Waals surface area contributed by atoms with E-state index in [4.69, 9.17) is 9.47 Å². The Bertz CT molecular complexity index is 627. The summed E-state index contributed by atoms with van der Waals surface area (Å²) < 4.78 is 10.9. The average molecular weight is 332 g/mol. The van der Waals surface area contributed by atoms with Crippen molar-refractivity contribution in [1.29, 1.82) is 0 Å². The van der Waals surface area contributed by atoms with Crippen LogP contribution in [0.1, 0.15) is 61.8 Å². The molecule has 1 fully saturated rings. The van der Waals surface area contributed by atoms with Crippen LogP contribution in [-0.4, -0.2) is 42.7 Å². The Kier molecular flexibility index (Phi) is 4.81. The zero-order chi connectivity index (χ0) is 17.3. The highest BCUT2D eigenvalue weighted by atomic mass is 16.5. The molecule has 1 aromatic heterocycles. The average Bonchev–Trinajstić information content (AvgIpc) is 2.54. The van der Waals surface area contributed by atoms with Crippen LogP contribution < -0.4 is 4.74 Å². The monoisotopic (exact) mass is 332 g/mol. The zero-order valence-electron chi connectivity index (χ0n) is 15.2. The Morgan fingerprint density at radius 1 is 1.50 bits per heavy atom. The highest BCUT2D eigenvalue weighted by Crippen LogP contribution is 2.40. The number of likely N-dealkylation sites (tertiary alicyclic amines) is 1. The summed E-state index contributed by atoms with van der Waals surface area (Å²) >= 11 is 0. The summed E-state index contributed by atoms with van der Waals surface area (Å²) in [6.07, 6.45) is 3.42. The van der Waals surface area contributed by atoms with Gasteiger partial charge in [-0.3, -0.25) is 4.90 Å². The largest absolute Gasteiger partial charge is 0.491 e. The van der Waals surface area contributed by atoms with Crippen molar-refractivity contribution in [1.82, 2.24) is 9.88 Å². The lowest BCUT2D eigenvalue weighted by Crippen LogP contribution is -2.35. The molecule has 0 amide bonds. The van der Waals surface area contributed by atoms with Gasteiger partial charge < -0.3 is 9.47 Å². The fraction of sp³-hybridized carbons (Fsp3) is 0.684. The van der Waals surface area contributed by atoms with Gasteiger partial charge in [-0.1, -0.05) is 20.8 Å². The Hall–Kier alpha value is -1.62. The van der Waals surface area contributed by atoms with Crippen molar-refractivity contribution in [3.05, 3.63) is 23.0 Å². The molecule has 5 nitrogen and oxygen atoms in total. The van der Waals surface area contributed by atoms with E-state index in [1.165, 1.54) is 20.0 Å². The normalized spacial score (nSPS) is 23.2. The van der Waals surface area contributed by atoms with E-state index in [0.29, 0.717) is 18.2 Å². The second-order valence-electron chi connectivity index (χ2n) is 7.80. The number of ether oxygens (including phenoxy) is 2. The first kappa shape index (κ1) is 17.2. The van der Waals surface area contributed by atoms with Crippen molar-refractivity contribution < 1.29 is 14.3 Å². The van der Waals surface area contributed by atoms with Crippen molar-refractivity contribution in [3.63, 3.8) is 0 Å². The molecule has 1 aromatic rings. The summed E-state index contributed by atoms with van der Waals surface area (Å²) in [5, 5.41) is 0. The molecule has 2 aliphatic rings. The molecule has 0 saturated carbocycles. The molecule has 132 valence electrons. The summed E-state index contributed by atoms with van der Waals surface area (Å²) in [6.45, 7) is 10.3. The van der Waals surface area contributed by atoms with E-state index in [1.807, 2.05) is 6.07 Å². The minimum Gasteiger partial charge on any atom is -0.491 e. The molecule has 1 atom stereocenters. The van der Waals surface area contributed by atoms with Gasteiger partial charge in [0.1, 0.15) is 11.4 Å². The zero-order valence-corrected chi connectivity index (χ0v) is 15.2. The van der Waals surface area contributed by atoms with Crippen molar-refractivity contribution >= 4 is 5.97 Å². The molecule has 2 aliphatic heterocycles. The third kappa shape index (κ3) is 3.41. The molecule has 0 radical (unpaired) electrons. The van der Waals surface area contributed by atoms with E-state index in [9.17, 15) is 4.79 Å². The van der Waals surface area contributed by atoms with E-state index in [0.717, 1.165) is 43.1 Å². The fourth-order valence-electron chi connectivity index (χ4n) is 3.73. The molecule has 0 bridgehead atoms. The maximum Gasteiger partial charge on any atom is 0.356 e. The number of esters is 1. The van der Waals surface area contributed by atoms with Crippen molar-refractivity contribution in [2.75, 3.05) is 26.8 Å². The maximum absolute atomic E-state index is 12.1. The number of carbonyl (C=O) groups is 1. The second kappa shape index (κ2) is 6.71. The van der Waals surface area contributed by atoms with Crippen LogP contribution in [0.3, 0.4) is 0 Å². The number of hydrogen-bond acceptors (Lipinski definition) is 5. The van der Waals surface area contributed by atoms with E-state index in [-0.39, 0.29) is 11.4 Å². The Labute approximate surface area is 144 Å². The highest BCUT2D eigenvalue weighted by molar-refractivity contribution is 5.87. The minimum absolute atomic E-state index is 0.0957. The number of nitrogens with zero attached hydrogens (tertiary/aromatic N) is 2. The van der Waals surface area contributed by atoms with Crippen LogP contribution in [0.2, 0.25) is 0 Å². The van der Waals surface area contributed by atoms with Crippen LogP contribution in [0.4, 0.5) is 0 Å².